The van der Waals surface area contributed by atoms with Gasteiger partial charge >= 0.3 is 5.69 Å². The Kier molecular flexibility index (Phi) is 4.53. The van der Waals surface area contributed by atoms with Crippen molar-refractivity contribution in [2.75, 3.05) is 5.43 Å². The van der Waals surface area contributed by atoms with Crippen LogP contribution in [0.4, 0.5) is 5.95 Å². The van der Waals surface area contributed by atoms with Crippen LogP contribution in [0.2, 0.25) is 0 Å². The number of anilines is 1. The molecule has 0 unspecified atom stereocenters. The van der Waals surface area contributed by atoms with Crippen LogP contribution in [-0.4, -0.2) is 29.9 Å². The fraction of sp³-hybridized carbons (Fsp3) is 0.235. The average Bonchev–Trinajstić information content (AvgIpc) is 2.97. The molecule has 9 heteroatoms. The number of hydrogen-bond donors (Lipinski definition) is 1. The summed E-state index contributed by atoms with van der Waals surface area (Å²) in [6.45, 7) is 6.12. The monoisotopic (exact) mass is 353 g/mol. The SMILES string of the molecule is C=C(C)Cn1c(N/N=C\c2cccnc2)nc2c1c(=O)n(C)c(=O)n2C. The van der Waals surface area contributed by atoms with Crippen molar-refractivity contribution in [2.45, 2.75) is 13.5 Å². The molecule has 1 N–H and O–H groups in total. The van der Waals surface area contributed by atoms with Gasteiger partial charge in [-0.15, -0.1) is 0 Å². The van der Waals surface area contributed by atoms with Gasteiger partial charge in [0.05, 0.1) is 6.21 Å². The van der Waals surface area contributed by atoms with Crippen LogP contribution in [0.25, 0.3) is 11.2 Å². The van der Waals surface area contributed by atoms with Crippen LogP contribution in [0, 0.1) is 0 Å². The first-order valence-corrected chi connectivity index (χ1v) is 7.90. The van der Waals surface area contributed by atoms with Crippen LogP contribution in [0.15, 0.2) is 51.4 Å². The second kappa shape index (κ2) is 6.79. The first kappa shape index (κ1) is 17.3. The average molecular weight is 353 g/mol. The van der Waals surface area contributed by atoms with Crippen LogP contribution in [-0.2, 0) is 20.6 Å². The minimum Gasteiger partial charge on any atom is -0.299 e. The molecule has 3 aromatic rings. The molecule has 0 bridgehead atoms. The van der Waals surface area contributed by atoms with Crippen molar-refractivity contribution in [1.29, 1.82) is 0 Å². The van der Waals surface area contributed by atoms with Gasteiger partial charge in [0.2, 0.25) is 5.95 Å². The Balaban J connectivity index is 2.12. The Morgan fingerprint density at radius 2 is 2.12 bits per heavy atom. The van der Waals surface area contributed by atoms with E-state index in [1.54, 1.807) is 36.3 Å². The van der Waals surface area contributed by atoms with Crippen molar-refractivity contribution < 1.29 is 0 Å². The number of fused-ring (bicyclic) bond motifs is 1. The van der Waals surface area contributed by atoms with Gasteiger partial charge in [0.25, 0.3) is 5.56 Å². The molecule has 3 aromatic heterocycles. The molecule has 0 aliphatic carbocycles. The van der Waals surface area contributed by atoms with Gasteiger partial charge in [-0.3, -0.25) is 23.5 Å². The third-order valence-corrected chi connectivity index (χ3v) is 3.84. The largest absolute Gasteiger partial charge is 0.332 e. The maximum absolute atomic E-state index is 12.6. The molecule has 0 atom stereocenters. The van der Waals surface area contributed by atoms with Gasteiger partial charge in [0.15, 0.2) is 11.2 Å². The van der Waals surface area contributed by atoms with E-state index in [1.807, 2.05) is 13.0 Å². The Morgan fingerprint density at radius 1 is 1.35 bits per heavy atom. The Hall–Kier alpha value is -3.49. The molecule has 0 saturated carbocycles. The highest BCUT2D eigenvalue weighted by Crippen LogP contribution is 2.17. The van der Waals surface area contributed by atoms with Crippen molar-refractivity contribution >= 4 is 23.3 Å². The molecular formula is C17H19N7O2. The number of allylic oxidation sites excluding steroid dienone is 1. The van der Waals surface area contributed by atoms with Crippen LogP contribution < -0.4 is 16.7 Å². The van der Waals surface area contributed by atoms with Crippen molar-refractivity contribution in [3.8, 4) is 0 Å². The summed E-state index contributed by atoms with van der Waals surface area (Å²) in [7, 11) is 3.01. The summed E-state index contributed by atoms with van der Waals surface area (Å²) < 4.78 is 4.06. The smallest absolute Gasteiger partial charge is 0.299 e. The van der Waals surface area contributed by atoms with Crippen LogP contribution in [0.5, 0.6) is 0 Å². The molecule has 26 heavy (non-hydrogen) atoms. The molecule has 0 radical (unpaired) electrons. The van der Waals surface area contributed by atoms with Crippen LogP contribution in [0.1, 0.15) is 12.5 Å². The second-order valence-electron chi connectivity index (χ2n) is 6.01. The van der Waals surface area contributed by atoms with E-state index >= 15 is 0 Å². The van der Waals surface area contributed by atoms with Crippen molar-refractivity contribution in [2.24, 2.45) is 19.2 Å². The van der Waals surface area contributed by atoms with E-state index in [0.717, 1.165) is 15.7 Å². The summed E-state index contributed by atoms with van der Waals surface area (Å²) in [5.41, 5.74) is 4.24. The van der Waals surface area contributed by atoms with E-state index in [2.05, 4.69) is 27.1 Å². The van der Waals surface area contributed by atoms with Crippen LogP contribution in [0.3, 0.4) is 0 Å². The molecule has 0 aliphatic heterocycles. The van der Waals surface area contributed by atoms with E-state index < -0.39 is 11.2 Å². The van der Waals surface area contributed by atoms with Gasteiger partial charge < -0.3 is 0 Å². The highest BCUT2D eigenvalue weighted by atomic mass is 16.2. The molecule has 3 rings (SSSR count). The molecular weight excluding hydrogens is 334 g/mol. The van der Waals surface area contributed by atoms with E-state index in [1.165, 1.54) is 11.6 Å². The number of aryl methyl sites for hydroxylation is 1. The maximum Gasteiger partial charge on any atom is 0.332 e. The van der Waals surface area contributed by atoms with Crippen molar-refractivity contribution in [1.82, 2.24) is 23.7 Å². The minimum absolute atomic E-state index is 0.290. The lowest BCUT2D eigenvalue weighted by Gasteiger charge is -2.08. The summed E-state index contributed by atoms with van der Waals surface area (Å²) in [4.78, 5) is 33.1. The molecule has 0 fully saturated rings. The lowest BCUT2D eigenvalue weighted by Crippen LogP contribution is -2.37. The molecule has 3 heterocycles. The normalized spacial score (nSPS) is 11.3. The standard InChI is InChI=1S/C17H19N7O2/c1-11(2)10-24-13-14(22(3)17(26)23(4)15(13)25)20-16(24)21-19-9-12-6-5-7-18-8-12/h5-9H,1,10H2,2-4H3,(H,20,21)/b19-9-. The fourth-order valence-corrected chi connectivity index (χ4v) is 2.57. The number of pyridine rings is 1. The summed E-state index contributed by atoms with van der Waals surface area (Å²) in [5.74, 6) is 0.349. The second-order valence-corrected chi connectivity index (χ2v) is 6.01. The Labute approximate surface area is 148 Å². The van der Waals surface area contributed by atoms with Gasteiger partial charge in [-0.2, -0.15) is 10.1 Å². The van der Waals surface area contributed by atoms with E-state index in [-0.39, 0.29) is 0 Å². The Bertz CT molecular complexity index is 1120. The molecule has 9 nitrogen and oxygen atoms in total. The molecule has 134 valence electrons. The number of nitrogens with one attached hydrogen (secondary N) is 1. The van der Waals surface area contributed by atoms with Crippen LogP contribution >= 0.6 is 0 Å². The number of rotatable bonds is 5. The number of nitrogens with zero attached hydrogens (tertiary/aromatic N) is 6. The Morgan fingerprint density at radius 3 is 2.77 bits per heavy atom. The van der Waals surface area contributed by atoms with E-state index in [4.69, 9.17) is 0 Å². The highest BCUT2D eigenvalue weighted by Gasteiger charge is 2.18. The number of hydrogen-bond acceptors (Lipinski definition) is 6. The van der Waals surface area contributed by atoms with Gasteiger partial charge in [-0.1, -0.05) is 18.2 Å². The molecule has 0 aromatic carbocycles. The predicted octanol–water partition coefficient (Wildman–Crippen LogP) is 0.851. The van der Waals surface area contributed by atoms with E-state index in [9.17, 15) is 9.59 Å². The summed E-state index contributed by atoms with van der Waals surface area (Å²) in [6.07, 6.45) is 4.93. The first-order valence-electron chi connectivity index (χ1n) is 7.90. The van der Waals surface area contributed by atoms with Gasteiger partial charge in [-0.25, -0.2) is 10.2 Å². The zero-order chi connectivity index (χ0) is 18.8. The molecule has 0 saturated heterocycles. The first-order chi connectivity index (χ1) is 12.4. The number of hydrazone groups is 1. The molecule has 0 amide bonds. The third-order valence-electron chi connectivity index (χ3n) is 3.84. The zero-order valence-electron chi connectivity index (χ0n) is 14.8. The quantitative estimate of drug-likeness (QED) is 0.416. The lowest BCUT2D eigenvalue weighted by molar-refractivity contribution is 0.702. The van der Waals surface area contributed by atoms with Gasteiger partial charge in [0.1, 0.15) is 0 Å². The maximum atomic E-state index is 12.6. The van der Waals surface area contributed by atoms with Gasteiger partial charge in [0, 0.05) is 38.6 Å². The predicted molar refractivity (Wildman–Crippen MR) is 100 cm³/mol. The lowest BCUT2D eigenvalue weighted by atomic mass is 10.3. The van der Waals surface area contributed by atoms with Crippen molar-refractivity contribution in [3.05, 3.63) is 63.1 Å². The highest BCUT2D eigenvalue weighted by molar-refractivity contribution is 5.80. The third kappa shape index (κ3) is 3.06. The summed E-state index contributed by atoms with van der Waals surface area (Å²) >= 11 is 0. The number of aromatic nitrogens is 5. The van der Waals surface area contributed by atoms with Crippen molar-refractivity contribution in [3.63, 3.8) is 0 Å². The van der Waals surface area contributed by atoms with E-state index in [0.29, 0.717) is 23.7 Å². The summed E-state index contributed by atoms with van der Waals surface area (Å²) in [5, 5.41) is 4.16. The fourth-order valence-electron chi connectivity index (χ4n) is 2.57. The number of imidazole rings is 1. The zero-order valence-corrected chi connectivity index (χ0v) is 14.8. The summed E-state index contributed by atoms with van der Waals surface area (Å²) in [6, 6.07) is 3.66. The molecule has 0 aliphatic rings. The minimum atomic E-state index is -0.437. The van der Waals surface area contributed by atoms with Gasteiger partial charge in [-0.05, 0) is 13.0 Å². The topological polar surface area (TPSA) is 99.1 Å². The molecule has 0 spiro atoms.